The molecule has 4 rings (SSSR count). The Morgan fingerprint density at radius 2 is 1.92 bits per heavy atom. The van der Waals surface area contributed by atoms with Gasteiger partial charge in [-0.25, -0.2) is 9.37 Å². The Labute approximate surface area is 135 Å². The van der Waals surface area contributed by atoms with E-state index in [0.29, 0.717) is 29.4 Å². The number of hydrogen-bond donors (Lipinski definition) is 2. The third-order valence-corrected chi connectivity index (χ3v) is 4.39. The number of halogens is 1. The van der Waals surface area contributed by atoms with Crippen LogP contribution < -0.4 is 11.3 Å². The van der Waals surface area contributed by atoms with Crippen molar-refractivity contribution in [2.75, 3.05) is 5.73 Å². The molecule has 2 heterocycles. The summed E-state index contributed by atoms with van der Waals surface area (Å²) in [4.78, 5) is 35.4. The number of carbonyl (C=O) groups excluding carboxylic acids is 1. The Kier molecular flexibility index (Phi) is 3.16. The van der Waals surface area contributed by atoms with Crippen LogP contribution in [-0.2, 0) is 6.42 Å². The Bertz CT molecular complexity index is 1030. The van der Waals surface area contributed by atoms with Gasteiger partial charge in [-0.2, -0.15) is 4.98 Å². The maximum atomic E-state index is 13.1. The highest BCUT2D eigenvalue weighted by atomic mass is 19.1. The number of nitrogen functional groups attached to an aromatic ring is 1. The van der Waals surface area contributed by atoms with Gasteiger partial charge in [0.2, 0.25) is 5.95 Å². The molecule has 120 valence electrons. The van der Waals surface area contributed by atoms with Crippen LogP contribution in [0.2, 0.25) is 0 Å². The minimum absolute atomic E-state index is 0.0165. The molecule has 1 aliphatic carbocycles. The summed E-state index contributed by atoms with van der Waals surface area (Å²) in [6, 6.07) is 6.08. The van der Waals surface area contributed by atoms with E-state index < -0.39 is 5.56 Å². The van der Waals surface area contributed by atoms with Gasteiger partial charge in [0.05, 0.1) is 5.39 Å². The molecule has 1 atom stereocenters. The number of carbonyl (C=O) groups is 1. The third kappa shape index (κ3) is 2.25. The van der Waals surface area contributed by atoms with E-state index in [-0.39, 0.29) is 29.1 Å². The van der Waals surface area contributed by atoms with Crippen molar-refractivity contribution in [2.45, 2.75) is 18.8 Å². The lowest BCUT2D eigenvalue weighted by atomic mass is 9.79. The van der Waals surface area contributed by atoms with E-state index in [0.717, 1.165) is 5.56 Å². The molecule has 3 N–H and O–H groups in total. The first kappa shape index (κ1) is 14.5. The Morgan fingerprint density at radius 3 is 2.67 bits per heavy atom. The van der Waals surface area contributed by atoms with E-state index in [1.54, 1.807) is 12.1 Å². The summed E-state index contributed by atoms with van der Waals surface area (Å²) < 4.78 is 13.1. The second-order valence-electron chi connectivity index (χ2n) is 5.88. The van der Waals surface area contributed by atoms with Gasteiger partial charge in [-0.1, -0.05) is 12.1 Å². The molecule has 1 aromatic carbocycles. The number of nitrogens with one attached hydrogen (secondary N) is 1. The smallest absolute Gasteiger partial charge is 0.262 e. The van der Waals surface area contributed by atoms with Crippen molar-refractivity contribution in [1.82, 2.24) is 15.0 Å². The van der Waals surface area contributed by atoms with Crippen molar-refractivity contribution < 1.29 is 9.18 Å². The lowest BCUT2D eigenvalue weighted by Crippen LogP contribution is -2.23. The number of nitrogens with zero attached hydrogens (tertiary/aromatic N) is 2. The molecule has 0 aliphatic heterocycles. The lowest BCUT2D eigenvalue weighted by molar-refractivity contribution is 0.0964. The molecule has 1 aliphatic rings. The summed E-state index contributed by atoms with van der Waals surface area (Å²) in [6.45, 7) is 0. The van der Waals surface area contributed by atoms with Crippen LogP contribution in [0, 0.1) is 5.82 Å². The van der Waals surface area contributed by atoms with Crippen LogP contribution in [0.25, 0.3) is 11.0 Å². The summed E-state index contributed by atoms with van der Waals surface area (Å²) in [7, 11) is 0. The minimum atomic E-state index is -0.408. The first-order valence-electron chi connectivity index (χ1n) is 7.49. The van der Waals surface area contributed by atoms with E-state index >= 15 is 0 Å². The number of fused-ring (bicyclic) bond motifs is 3. The Morgan fingerprint density at radius 1 is 1.17 bits per heavy atom. The van der Waals surface area contributed by atoms with Crippen molar-refractivity contribution in [1.29, 1.82) is 0 Å². The van der Waals surface area contributed by atoms with Crippen molar-refractivity contribution in [3.05, 3.63) is 63.3 Å². The molecule has 1 unspecified atom stereocenters. The molecule has 3 aromatic rings. The van der Waals surface area contributed by atoms with Gasteiger partial charge in [0.15, 0.2) is 11.4 Å². The number of hydrogen-bond acceptors (Lipinski definition) is 5. The number of aromatic amines is 1. The highest BCUT2D eigenvalue weighted by Gasteiger charge is 2.29. The first-order valence-corrected chi connectivity index (χ1v) is 7.49. The largest absolute Gasteiger partial charge is 0.369 e. The number of nitrogens with two attached hydrogens (primary N) is 1. The molecular weight excluding hydrogens is 311 g/mol. The molecule has 0 radical (unpaired) electrons. The number of H-pyrrole nitrogens is 1. The topological polar surface area (TPSA) is 102 Å². The van der Waals surface area contributed by atoms with Gasteiger partial charge in [-0.15, -0.1) is 0 Å². The lowest BCUT2D eigenvalue weighted by Gasteiger charge is -2.24. The third-order valence-electron chi connectivity index (χ3n) is 4.39. The van der Waals surface area contributed by atoms with Crippen LogP contribution in [0.1, 0.15) is 33.8 Å². The van der Waals surface area contributed by atoms with Crippen LogP contribution in [-0.4, -0.2) is 20.7 Å². The Balaban J connectivity index is 1.89. The monoisotopic (exact) mass is 324 g/mol. The van der Waals surface area contributed by atoms with Gasteiger partial charge < -0.3 is 5.73 Å². The zero-order chi connectivity index (χ0) is 16.8. The summed E-state index contributed by atoms with van der Waals surface area (Å²) in [5, 5.41) is 0.293. The summed E-state index contributed by atoms with van der Waals surface area (Å²) in [5.41, 5.74) is 7.30. The zero-order valence-corrected chi connectivity index (χ0v) is 12.5. The zero-order valence-electron chi connectivity index (χ0n) is 12.5. The van der Waals surface area contributed by atoms with E-state index in [1.807, 2.05) is 0 Å². The van der Waals surface area contributed by atoms with Gasteiger partial charge in [-0.3, -0.25) is 14.6 Å². The number of benzene rings is 1. The second kappa shape index (κ2) is 5.23. The molecule has 7 heteroatoms. The SMILES string of the molecule is Nc1nc2ncc3c(c2c(=O)[nH]1)CC(c1ccc(F)cc1)CC3=O. The molecule has 0 saturated carbocycles. The molecule has 0 spiro atoms. The summed E-state index contributed by atoms with van der Waals surface area (Å²) in [6.07, 6.45) is 2.24. The van der Waals surface area contributed by atoms with Gasteiger partial charge in [0.1, 0.15) is 5.82 Å². The van der Waals surface area contributed by atoms with E-state index in [2.05, 4.69) is 15.0 Å². The van der Waals surface area contributed by atoms with Crippen molar-refractivity contribution in [3.63, 3.8) is 0 Å². The van der Waals surface area contributed by atoms with Crippen molar-refractivity contribution in [3.8, 4) is 0 Å². The number of rotatable bonds is 1. The molecule has 0 saturated heterocycles. The van der Waals surface area contributed by atoms with Crippen LogP contribution in [0.3, 0.4) is 0 Å². The molecule has 24 heavy (non-hydrogen) atoms. The predicted octanol–water partition coefficient (Wildman–Crippen LogP) is 1.95. The fraction of sp³-hybridized carbons (Fsp3) is 0.176. The Hall–Kier alpha value is -3.09. The standard InChI is InChI=1S/C17H13FN4O2/c18-10-3-1-8(2-4-10)9-5-11-12(13(23)6-9)7-20-15-14(11)16(24)22-17(19)21-15/h1-4,7,9H,5-6H2,(H3,19,20,21,22,24). The number of ketones is 1. The molecule has 0 bridgehead atoms. The van der Waals surface area contributed by atoms with Crippen LogP contribution in [0.4, 0.5) is 10.3 Å². The fourth-order valence-corrected chi connectivity index (χ4v) is 3.26. The molecule has 0 amide bonds. The predicted molar refractivity (Wildman–Crippen MR) is 86.4 cm³/mol. The maximum Gasteiger partial charge on any atom is 0.262 e. The van der Waals surface area contributed by atoms with E-state index in [1.165, 1.54) is 18.3 Å². The fourth-order valence-electron chi connectivity index (χ4n) is 3.26. The van der Waals surface area contributed by atoms with Gasteiger partial charge in [0, 0.05) is 18.2 Å². The molecular formula is C17H13FN4O2. The minimum Gasteiger partial charge on any atom is -0.369 e. The van der Waals surface area contributed by atoms with Gasteiger partial charge >= 0.3 is 0 Å². The van der Waals surface area contributed by atoms with Crippen LogP contribution in [0.15, 0.2) is 35.3 Å². The number of aromatic nitrogens is 3. The van der Waals surface area contributed by atoms with Crippen LogP contribution in [0.5, 0.6) is 0 Å². The summed E-state index contributed by atoms with van der Waals surface area (Å²) >= 11 is 0. The number of Topliss-reactive ketones (excluding diaryl/α,β-unsaturated/α-hetero) is 1. The average molecular weight is 324 g/mol. The number of pyridine rings is 1. The first-order chi connectivity index (χ1) is 11.5. The quantitative estimate of drug-likeness (QED) is 0.712. The van der Waals surface area contributed by atoms with E-state index in [4.69, 9.17) is 5.73 Å². The highest BCUT2D eigenvalue weighted by molar-refractivity contribution is 6.02. The molecule has 0 fully saturated rings. The second-order valence-corrected chi connectivity index (χ2v) is 5.88. The van der Waals surface area contributed by atoms with Crippen molar-refractivity contribution in [2.24, 2.45) is 0 Å². The van der Waals surface area contributed by atoms with Gasteiger partial charge in [-0.05, 0) is 35.6 Å². The molecule has 6 nitrogen and oxygen atoms in total. The maximum absolute atomic E-state index is 13.1. The normalized spacial score (nSPS) is 17.0. The van der Waals surface area contributed by atoms with E-state index in [9.17, 15) is 14.0 Å². The van der Waals surface area contributed by atoms with Crippen molar-refractivity contribution >= 4 is 22.8 Å². The average Bonchev–Trinajstić information content (AvgIpc) is 2.54. The number of anilines is 1. The van der Waals surface area contributed by atoms with Crippen LogP contribution >= 0.6 is 0 Å². The molecule has 2 aromatic heterocycles. The highest BCUT2D eigenvalue weighted by Crippen LogP contribution is 2.34. The summed E-state index contributed by atoms with van der Waals surface area (Å²) in [5.74, 6) is -0.548. The van der Waals surface area contributed by atoms with Gasteiger partial charge in [0.25, 0.3) is 5.56 Å².